The third kappa shape index (κ3) is 1.42. The van der Waals surface area contributed by atoms with Crippen LogP contribution in [-0.2, 0) is 4.79 Å². The minimum Gasteiger partial charge on any atom is -0.492 e. The summed E-state index contributed by atoms with van der Waals surface area (Å²) < 4.78 is 5.40. The summed E-state index contributed by atoms with van der Waals surface area (Å²) in [7, 11) is 0. The highest BCUT2D eigenvalue weighted by molar-refractivity contribution is 6.32. The van der Waals surface area contributed by atoms with E-state index in [0.29, 0.717) is 17.4 Å². The molecule has 0 amide bonds. The molecule has 0 bridgehead atoms. The number of aldehydes is 1. The largest absolute Gasteiger partial charge is 0.492 e. The summed E-state index contributed by atoms with van der Waals surface area (Å²) in [5, 5.41) is 0.587. The van der Waals surface area contributed by atoms with Crippen LogP contribution in [0.2, 0.25) is 5.02 Å². The molecule has 0 N–H and O–H groups in total. The van der Waals surface area contributed by atoms with Crippen LogP contribution in [0.25, 0.3) is 0 Å². The van der Waals surface area contributed by atoms with Crippen molar-refractivity contribution in [2.45, 2.75) is 12.3 Å². The van der Waals surface area contributed by atoms with Crippen molar-refractivity contribution in [2.75, 3.05) is 6.61 Å². The highest BCUT2D eigenvalue weighted by atomic mass is 35.5. The van der Waals surface area contributed by atoms with E-state index < -0.39 is 0 Å². The van der Waals surface area contributed by atoms with E-state index in [1.54, 1.807) is 6.07 Å². The smallest absolute Gasteiger partial charge is 0.141 e. The minimum atomic E-state index is -0.0533. The molecule has 0 saturated heterocycles. The van der Waals surface area contributed by atoms with E-state index in [2.05, 4.69) is 0 Å². The lowest BCUT2D eigenvalue weighted by Gasteiger charge is -2.22. The summed E-state index contributed by atoms with van der Waals surface area (Å²) in [6.45, 7) is 0.570. The van der Waals surface area contributed by atoms with Gasteiger partial charge >= 0.3 is 0 Å². The van der Waals surface area contributed by atoms with Crippen molar-refractivity contribution in [3.8, 4) is 5.75 Å². The molecule has 68 valence electrons. The molecule has 0 fully saturated rings. The number of ether oxygens (including phenoxy) is 1. The van der Waals surface area contributed by atoms with E-state index in [1.807, 2.05) is 12.1 Å². The van der Waals surface area contributed by atoms with Gasteiger partial charge in [0.2, 0.25) is 0 Å². The second kappa shape index (κ2) is 3.38. The quantitative estimate of drug-likeness (QED) is 0.645. The number of hydrogen-bond acceptors (Lipinski definition) is 2. The van der Waals surface area contributed by atoms with Gasteiger partial charge in [-0.25, -0.2) is 0 Å². The second-order valence-electron chi connectivity index (χ2n) is 3.04. The number of para-hydroxylation sites is 1. The van der Waals surface area contributed by atoms with Crippen LogP contribution in [-0.4, -0.2) is 12.9 Å². The number of carbonyl (C=O) groups excluding carboxylic acids is 1. The molecule has 2 nitrogen and oxygen atoms in total. The first-order valence-electron chi connectivity index (χ1n) is 4.19. The summed E-state index contributed by atoms with van der Waals surface area (Å²) >= 11 is 5.92. The molecule has 13 heavy (non-hydrogen) atoms. The standard InChI is InChI=1S/C10H9ClO2/c11-9-3-1-2-8-7(6-12)4-5-13-10(8)9/h1-3,6-7H,4-5H2. The SMILES string of the molecule is O=CC1CCOc2c(Cl)cccc21. The Morgan fingerprint density at radius 1 is 1.54 bits per heavy atom. The fourth-order valence-electron chi connectivity index (χ4n) is 1.55. The van der Waals surface area contributed by atoms with E-state index >= 15 is 0 Å². The molecule has 1 heterocycles. The van der Waals surface area contributed by atoms with Crippen molar-refractivity contribution in [1.82, 2.24) is 0 Å². The van der Waals surface area contributed by atoms with Crippen LogP contribution in [0.3, 0.4) is 0 Å². The van der Waals surface area contributed by atoms with Crippen LogP contribution < -0.4 is 4.74 Å². The summed E-state index contributed by atoms with van der Waals surface area (Å²) in [6.07, 6.45) is 1.70. The third-order valence-corrected chi connectivity index (χ3v) is 2.53. The van der Waals surface area contributed by atoms with Crippen LogP contribution >= 0.6 is 11.6 Å². The molecule has 1 aliphatic rings. The maximum atomic E-state index is 10.7. The van der Waals surface area contributed by atoms with Gasteiger partial charge in [0, 0.05) is 11.5 Å². The number of halogens is 1. The van der Waals surface area contributed by atoms with Crippen molar-refractivity contribution in [2.24, 2.45) is 0 Å². The Labute approximate surface area is 81.5 Å². The molecule has 1 unspecified atom stereocenters. The lowest BCUT2D eigenvalue weighted by molar-refractivity contribution is -0.109. The molecular formula is C10H9ClO2. The van der Waals surface area contributed by atoms with Crippen LogP contribution in [0.15, 0.2) is 18.2 Å². The van der Waals surface area contributed by atoms with Gasteiger partial charge < -0.3 is 9.53 Å². The van der Waals surface area contributed by atoms with Crippen molar-refractivity contribution in [3.63, 3.8) is 0 Å². The summed E-state index contributed by atoms with van der Waals surface area (Å²) in [5.74, 6) is 0.620. The Morgan fingerprint density at radius 2 is 2.38 bits per heavy atom. The number of carbonyl (C=O) groups is 1. The van der Waals surface area contributed by atoms with Crippen molar-refractivity contribution in [3.05, 3.63) is 28.8 Å². The molecule has 1 atom stereocenters. The molecule has 1 aromatic carbocycles. The van der Waals surface area contributed by atoms with E-state index in [1.165, 1.54) is 0 Å². The molecule has 1 aromatic rings. The van der Waals surface area contributed by atoms with Gasteiger partial charge in [-0.1, -0.05) is 23.7 Å². The average molecular weight is 197 g/mol. The van der Waals surface area contributed by atoms with E-state index in [-0.39, 0.29) is 5.92 Å². The first-order chi connectivity index (χ1) is 6.33. The van der Waals surface area contributed by atoms with Gasteiger partial charge in [0.05, 0.1) is 11.6 Å². The number of fused-ring (bicyclic) bond motifs is 1. The molecule has 1 aliphatic heterocycles. The van der Waals surface area contributed by atoms with Gasteiger partial charge in [0.1, 0.15) is 12.0 Å². The van der Waals surface area contributed by atoms with E-state index in [4.69, 9.17) is 16.3 Å². The van der Waals surface area contributed by atoms with E-state index in [9.17, 15) is 4.79 Å². The Bertz CT molecular complexity index is 336. The van der Waals surface area contributed by atoms with Gasteiger partial charge in [-0.15, -0.1) is 0 Å². The predicted molar refractivity (Wildman–Crippen MR) is 50.4 cm³/mol. The zero-order valence-corrected chi connectivity index (χ0v) is 7.75. The van der Waals surface area contributed by atoms with Gasteiger partial charge in [0.25, 0.3) is 0 Å². The van der Waals surface area contributed by atoms with Gasteiger partial charge in [-0.2, -0.15) is 0 Å². The van der Waals surface area contributed by atoms with Crippen LogP contribution in [0.1, 0.15) is 17.9 Å². The zero-order valence-electron chi connectivity index (χ0n) is 7.00. The highest BCUT2D eigenvalue weighted by Crippen LogP contribution is 2.37. The lowest BCUT2D eigenvalue weighted by Crippen LogP contribution is -2.15. The fraction of sp³-hybridized carbons (Fsp3) is 0.300. The molecule has 0 saturated carbocycles. The summed E-state index contributed by atoms with van der Waals surface area (Å²) in [6, 6.07) is 5.50. The molecule has 2 rings (SSSR count). The Kier molecular flexibility index (Phi) is 2.23. The van der Waals surface area contributed by atoms with Gasteiger partial charge in [0.15, 0.2) is 0 Å². The van der Waals surface area contributed by atoms with Crippen LogP contribution in [0.4, 0.5) is 0 Å². The molecular weight excluding hydrogens is 188 g/mol. The summed E-state index contributed by atoms with van der Waals surface area (Å²) in [4.78, 5) is 10.7. The lowest BCUT2D eigenvalue weighted by atomic mass is 9.95. The molecule has 0 aromatic heterocycles. The Morgan fingerprint density at radius 3 is 3.15 bits per heavy atom. The predicted octanol–water partition coefficient (Wildman–Crippen LogP) is 2.41. The Hall–Kier alpha value is -1.02. The van der Waals surface area contributed by atoms with Crippen molar-refractivity contribution >= 4 is 17.9 Å². The molecule has 3 heteroatoms. The topological polar surface area (TPSA) is 26.3 Å². The monoisotopic (exact) mass is 196 g/mol. The molecule has 0 radical (unpaired) electrons. The Balaban J connectivity index is 2.51. The fourth-order valence-corrected chi connectivity index (χ4v) is 1.79. The maximum Gasteiger partial charge on any atom is 0.141 e. The first kappa shape index (κ1) is 8.57. The third-order valence-electron chi connectivity index (χ3n) is 2.24. The van der Waals surface area contributed by atoms with Gasteiger partial charge in [-0.05, 0) is 12.5 Å². The average Bonchev–Trinajstić information content (AvgIpc) is 2.18. The highest BCUT2D eigenvalue weighted by Gasteiger charge is 2.22. The number of rotatable bonds is 1. The van der Waals surface area contributed by atoms with Crippen molar-refractivity contribution in [1.29, 1.82) is 0 Å². The summed E-state index contributed by atoms with van der Waals surface area (Å²) in [5.41, 5.74) is 0.911. The molecule has 0 aliphatic carbocycles. The first-order valence-corrected chi connectivity index (χ1v) is 4.57. The number of benzene rings is 1. The normalized spacial score (nSPS) is 20.2. The van der Waals surface area contributed by atoms with Crippen molar-refractivity contribution < 1.29 is 9.53 Å². The maximum absolute atomic E-state index is 10.7. The van der Waals surface area contributed by atoms with Crippen LogP contribution in [0, 0.1) is 0 Å². The van der Waals surface area contributed by atoms with Gasteiger partial charge in [-0.3, -0.25) is 0 Å². The minimum absolute atomic E-state index is 0.0533. The molecule has 0 spiro atoms. The second-order valence-corrected chi connectivity index (χ2v) is 3.45. The van der Waals surface area contributed by atoms with Crippen LogP contribution in [0.5, 0.6) is 5.75 Å². The number of hydrogen-bond donors (Lipinski definition) is 0. The van der Waals surface area contributed by atoms with E-state index in [0.717, 1.165) is 18.3 Å². The zero-order chi connectivity index (χ0) is 9.26.